The van der Waals surface area contributed by atoms with Gasteiger partial charge in [-0.1, -0.05) is 103 Å². The Morgan fingerprint density at radius 3 is 1.85 bits per heavy atom. The summed E-state index contributed by atoms with van der Waals surface area (Å²) in [6.45, 7) is 1.93. The number of benzene rings is 4. The molecule has 0 radical (unpaired) electrons. The van der Waals surface area contributed by atoms with E-state index >= 15 is 0 Å². The van der Waals surface area contributed by atoms with Crippen LogP contribution in [0.15, 0.2) is 114 Å². The van der Waals surface area contributed by atoms with Crippen molar-refractivity contribution >= 4 is 15.6 Å². The molecule has 164 valence electrons. The fourth-order valence-corrected chi connectivity index (χ4v) is 7.00. The highest BCUT2D eigenvalue weighted by Crippen LogP contribution is 2.54. The second-order valence-electron chi connectivity index (χ2n) is 8.55. The van der Waals surface area contributed by atoms with Crippen LogP contribution < -0.4 is 0 Å². The lowest BCUT2D eigenvalue weighted by molar-refractivity contribution is 0.0911. The van der Waals surface area contributed by atoms with Crippen LogP contribution in [-0.2, 0) is 9.84 Å². The molecule has 0 amide bonds. The van der Waals surface area contributed by atoms with Gasteiger partial charge in [0, 0.05) is 11.5 Å². The molecular weight excluding hydrogens is 428 g/mol. The number of fused-ring (bicyclic) bond motifs is 1. The highest BCUT2D eigenvalue weighted by Gasteiger charge is 2.51. The zero-order valence-corrected chi connectivity index (χ0v) is 19.1. The van der Waals surface area contributed by atoms with Crippen molar-refractivity contribution in [3.8, 4) is 0 Å². The van der Waals surface area contributed by atoms with Crippen LogP contribution in [0.2, 0.25) is 0 Å². The molecule has 0 aromatic heterocycles. The van der Waals surface area contributed by atoms with E-state index in [2.05, 4.69) is 0 Å². The number of Topliss-reactive ketones (excluding diaryl/α,β-unsaturated/α-hetero) is 1. The van der Waals surface area contributed by atoms with Gasteiger partial charge < -0.3 is 0 Å². The summed E-state index contributed by atoms with van der Waals surface area (Å²) in [7, 11) is -3.83. The molecule has 0 aliphatic heterocycles. The molecule has 0 fully saturated rings. The number of aryl methyl sites for hydroxylation is 1. The van der Waals surface area contributed by atoms with Crippen LogP contribution in [0, 0.1) is 12.8 Å². The summed E-state index contributed by atoms with van der Waals surface area (Å²) >= 11 is 0. The lowest BCUT2D eigenvalue weighted by Crippen LogP contribution is -2.28. The molecule has 0 spiro atoms. The van der Waals surface area contributed by atoms with Crippen LogP contribution in [0.3, 0.4) is 0 Å². The third-order valence-corrected chi connectivity index (χ3v) is 8.67. The second kappa shape index (κ2) is 8.45. The van der Waals surface area contributed by atoms with E-state index < -0.39 is 21.0 Å². The first-order valence-corrected chi connectivity index (χ1v) is 12.6. The predicted octanol–water partition coefficient (Wildman–Crippen LogP) is 6.15. The van der Waals surface area contributed by atoms with Crippen molar-refractivity contribution in [3.05, 3.63) is 137 Å². The minimum absolute atomic E-state index is 0.152. The van der Waals surface area contributed by atoms with E-state index in [9.17, 15) is 13.2 Å². The number of hydrogen-bond acceptors (Lipinski definition) is 3. The molecule has 3 atom stereocenters. The molecule has 4 aromatic carbocycles. The van der Waals surface area contributed by atoms with Crippen molar-refractivity contribution in [2.75, 3.05) is 0 Å². The summed E-state index contributed by atoms with van der Waals surface area (Å²) in [4.78, 5) is 14.2. The highest BCUT2D eigenvalue weighted by molar-refractivity contribution is 7.91. The van der Waals surface area contributed by atoms with Crippen LogP contribution in [0.4, 0.5) is 0 Å². The molecule has 33 heavy (non-hydrogen) atoms. The number of sulfone groups is 1. The fourth-order valence-electron chi connectivity index (χ4n) is 4.98. The molecular formula is C29H24O3S. The smallest absolute Gasteiger partial charge is 0.186 e. The zero-order valence-electron chi connectivity index (χ0n) is 18.3. The van der Waals surface area contributed by atoms with E-state index in [4.69, 9.17) is 0 Å². The van der Waals surface area contributed by atoms with E-state index in [-0.39, 0.29) is 16.6 Å². The van der Waals surface area contributed by atoms with Gasteiger partial charge in [-0.3, -0.25) is 4.79 Å². The lowest BCUT2D eigenvalue weighted by Gasteiger charge is -2.25. The van der Waals surface area contributed by atoms with Crippen LogP contribution in [-0.4, -0.2) is 14.2 Å². The normalized spacial score (nSPS) is 19.7. The number of carbonyl (C=O) groups excluding carboxylic acids is 1. The number of rotatable bonds is 5. The molecule has 0 saturated heterocycles. The molecule has 0 heterocycles. The minimum atomic E-state index is -3.83. The van der Waals surface area contributed by atoms with E-state index in [1.54, 1.807) is 36.4 Å². The Morgan fingerprint density at radius 2 is 1.21 bits per heavy atom. The van der Waals surface area contributed by atoms with Crippen molar-refractivity contribution in [2.45, 2.75) is 23.0 Å². The van der Waals surface area contributed by atoms with E-state index in [1.807, 2.05) is 79.7 Å². The Bertz CT molecular complexity index is 1390. The van der Waals surface area contributed by atoms with Gasteiger partial charge in [-0.05, 0) is 35.7 Å². The van der Waals surface area contributed by atoms with E-state index in [0.717, 1.165) is 16.7 Å². The van der Waals surface area contributed by atoms with Gasteiger partial charge in [-0.25, -0.2) is 8.42 Å². The summed E-state index contributed by atoms with van der Waals surface area (Å²) in [5.74, 6) is -1.26. The number of hydrogen-bond donors (Lipinski definition) is 0. The van der Waals surface area contributed by atoms with Crippen molar-refractivity contribution in [1.82, 2.24) is 0 Å². The van der Waals surface area contributed by atoms with Crippen LogP contribution in [0.5, 0.6) is 0 Å². The van der Waals surface area contributed by atoms with E-state index in [1.165, 1.54) is 0 Å². The Labute approximate surface area is 194 Å². The topological polar surface area (TPSA) is 51.2 Å². The molecule has 0 saturated carbocycles. The lowest BCUT2D eigenvalue weighted by atomic mass is 9.81. The van der Waals surface area contributed by atoms with Crippen LogP contribution >= 0.6 is 0 Å². The molecule has 0 bridgehead atoms. The molecule has 4 aromatic rings. The van der Waals surface area contributed by atoms with Crippen molar-refractivity contribution < 1.29 is 13.2 Å². The summed E-state index contributed by atoms with van der Waals surface area (Å²) in [5, 5.41) is -0.964. The summed E-state index contributed by atoms with van der Waals surface area (Å²) in [6, 6.07) is 33.3. The SMILES string of the molecule is Cc1ccc(S(=O)(=O)[C@H]2c3ccccc3[C@@H](c3ccccc3)[C@@H]2C(=O)c2ccccc2)cc1. The predicted molar refractivity (Wildman–Crippen MR) is 130 cm³/mol. The Morgan fingerprint density at radius 1 is 0.667 bits per heavy atom. The van der Waals surface area contributed by atoms with Gasteiger partial charge in [-0.15, -0.1) is 0 Å². The van der Waals surface area contributed by atoms with Crippen LogP contribution in [0.1, 0.15) is 43.8 Å². The molecule has 0 unspecified atom stereocenters. The Hall–Kier alpha value is -3.50. The van der Waals surface area contributed by atoms with Gasteiger partial charge in [0.2, 0.25) is 0 Å². The standard InChI is InChI=1S/C29H24O3S/c1-20-16-18-23(19-17-20)33(31,32)29-25-15-9-8-14-24(25)26(21-10-4-2-5-11-21)27(29)28(30)22-12-6-3-7-13-22/h2-19,26-27,29H,1H3/t26-,27-,29+/m1/s1. The quantitative estimate of drug-likeness (QED) is 0.341. The number of ketones is 1. The van der Waals surface area contributed by atoms with Gasteiger partial charge >= 0.3 is 0 Å². The fraction of sp³-hybridized carbons (Fsp3) is 0.138. The maximum Gasteiger partial charge on any atom is 0.186 e. The summed E-state index contributed by atoms with van der Waals surface area (Å²) < 4.78 is 28.2. The first kappa shape index (κ1) is 21.4. The van der Waals surface area contributed by atoms with Crippen LogP contribution in [0.25, 0.3) is 0 Å². The van der Waals surface area contributed by atoms with Crippen molar-refractivity contribution in [3.63, 3.8) is 0 Å². The summed E-state index contributed by atoms with van der Waals surface area (Å²) in [5.41, 5.74) is 4.07. The monoisotopic (exact) mass is 452 g/mol. The highest BCUT2D eigenvalue weighted by atomic mass is 32.2. The largest absolute Gasteiger partial charge is 0.294 e. The molecule has 4 heteroatoms. The maximum atomic E-state index is 14.1. The van der Waals surface area contributed by atoms with Gasteiger partial charge in [0.15, 0.2) is 15.6 Å². The second-order valence-corrected chi connectivity index (χ2v) is 10.6. The van der Waals surface area contributed by atoms with Gasteiger partial charge in [0.25, 0.3) is 0 Å². The molecule has 1 aliphatic carbocycles. The van der Waals surface area contributed by atoms with Crippen molar-refractivity contribution in [2.24, 2.45) is 5.92 Å². The van der Waals surface area contributed by atoms with Crippen molar-refractivity contribution in [1.29, 1.82) is 0 Å². The minimum Gasteiger partial charge on any atom is -0.294 e. The average molecular weight is 453 g/mol. The van der Waals surface area contributed by atoms with Gasteiger partial charge in [0.05, 0.1) is 10.8 Å². The van der Waals surface area contributed by atoms with Gasteiger partial charge in [-0.2, -0.15) is 0 Å². The summed E-state index contributed by atoms with van der Waals surface area (Å²) in [6.07, 6.45) is 0. The Balaban J connectivity index is 1.75. The van der Waals surface area contributed by atoms with E-state index in [0.29, 0.717) is 11.1 Å². The molecule has 1 aliphatic rings. The Kier molecular flexibility index (Phi) is 5.47. The maximum absolute atomic E-state index is 14.1. The molecule has 0 N–H and O–H groups in total. The average Bonchev–Trinajstić information content (AvgIpc) is 3.21. The molecule has 5 rings (SSSR count). The number of carbonyl (C=O) groups is 1. The third kappa shape index (κ3) is 3.70. The third-order valence-electron chi connectivity index (χ3n) is 6.53. The molecule has 3 nitrogen and oxygen atoms in total. The first-order chi connectivity index (χ1) is 16.0. The van der Waals surface area contributed by atoms with Gasteiger partial charge in [0.1, 0.15) is 5.25 Å². The zero-order chi connectivity index (χ0) is 23.0. The first-order valence-electron chi connectivity index (χ1n) is 11.0.